The van der Waals surface area contributed by atoms with E-state index in [4.69, 9.17) is 23.2 Å². The first kappa shape index (κ1) is 21.8. The normalized spacial score (nSPS) is 10.2. The van der Waals surface area contributed by atoms with E-state index in [1.54, 1.807) is 42.5 Å². The number of rotatable bonds is 4. The molecule has 0 unspecified atom stereocenters. The number of carbonyl (C=O) groups excluding carboxylic acids is 3. The van der Waals surface area contributed by atoms with Gasteiger partial charge in [-0.25, -0.2) is 0 Å². The molecular weight excluding hydrogens is 493 g/mol. The molecule has 30 heavy (non-hydrogen) atoms. The molecule has 6 nitrogen and oxygen atoms in total. The summed E-state index contributed by atoms with van der Waals surface area (Å²) in [5.74, 6) is -1.35. The largest absolute Gasteiger partial charge is 0.322 e. The van der Waals surface area contributed by atoms with Crippen LogP contribution in [0.5, 0.6) is 0 Å². The van der Waals surface area contributed by atoms with Crippen LogP contribution < -0.4 is 16.2 Å². The summed E-state index contributed by atoms with van der Waals surface area (Å²) < 4.78 is 0.841. The van der Waals surface area contributed by atoms with Gasteiger partial charge >= 0.3 is 0 Å². The van der Waals surface area contributed by atoms with E-state index in [2.05, 4.69) is 32.1 Å². The van der Waals surface area contributed by atoms with E-state index in [0.29, 0.717) is 21.8 Å². The zero-order chi connectivity index (χ0) is 21.7. The number of carbonyl (C=O) groups is 3. The fourth-order valence-corrected chi connectivity index (χ4v) is 3.19. The van der Waals surface area contributed by atoms with E-state index in [9.17, 15) is 14.4 Å². The monoisotopic (exact) mass is 505 g/mol. The second kappa shape index (κ2) is 9.75. The average molecular weight is 507 g/mol. The fourth-order valence-electron chi connectivity index (χ4n) is 2.44. The summed E-state index contributed by atoms with van der Waals surface area (Å²) >= 11 is 15.2. The first-order valence-corrected chi connectivity index (χ1v) is 10.1. The Hall–Kier alpha value is -2.87. The van der Waals surface area contributed by atoms with Crippen molar-refractivity contribution in [1.29, 1.82) is 0 Å². The Morgan fingerprint density at radius 1 is 0.700 bits per heavy atom. The van der Waals surface area contributed by atoms with Gasteiger partial charge in [-0.3, -0.25) is 25.2 Å². The van der Waals surface area contributed by atoms with Crippen molar-refractivity contribution in [1.82, 2.24) is 10.9 Å². The highest BCUT2D eigenvalue weighted by Gasteiger charge is 2.12. The average Bonchev–Trinajstić information content (AvgIpc) is 2.72. The summed E-state index contributed by atoms with van der Waals surface area (Å²) in [7, 11) is 0. The highest BCUT2D eigenvalue weighted by molar-refractivity contribution is 9.10. The molecule has 0 aliphatic heterocycles. The molecule has 3 amide bonds. The van der Waals surface area contributed by atoms with Crippen molar-refractivity contribution in [2.45, 2.75) is 0 Å². The highest BCUT2D eigenvalue weighted by atomic mass is 79.9. The van der Waals surface area contributed by atoms with Crippen molar-refractivity contribution in [2.75, 3.05) is 5.32 Å². The van der Waals surface area contributed by atoms with Crippen LogP contribution in [-0.2, 0) is 0 Å². The van der Waals surface area contributed by atoms with Gasteiger partial charge in [-0.2, -0.15) is 0 Å². The predicted molar refractivity (Wildman–Crippen MR) is 120 cm³/mol. The van der Waals surface area contributed by atoms with E-state index >= 15 is 0 Å². The van der Waals surface area contributed by atoms with Crippen LogP contribution in [0.4, 0.5) is 5.69 Å². The highest BCUT2D eigenvalue weighted by Crippen LogP contribution is 2.22. The van der Waals surface area contributed by atoms with Crippen molar-refractivity contribution in [3.63, 3.8) is 0 Å². The summed E-state index contributed by atoms with van der Waals surface area (Å²) in [6, 6.07) is 17.4. The van der Waals surface area contributed by atoms with Gasteiger partial charge in [-0.1, -0.05) is 39.1 Å². The first-order chi connectivity index (χ1) is 14.3. The van der Waals surface area contributed by atoms with Crippen molar-refractivity contribution >= 4 is 62.5 Å². The minimum atomic E-state index is -0.501. The maximum absolute atomic E-state index is 12.3. The van der Waals surface area contributed by atoms with Gasteiger partial charge < -0.3 is 5.32 Å². The second-order valence-electron chi connectivity index (χ2n) is 6.07. The summed E-state index contributed by atoms with van der Waals surface area (Å²) in [6.45, 7) is 0. The molecule has 0 atom stereocenters. The van der Waals surface area contributed by atoms with Gasteiger partial charge in [0.1, 0.15) is 0 Å². The van der Waals surface area contributed by atoms with E-state index in [0.717, 1.165) is 4.47 Å². The van der Waals surface area contributed by atoms with Crippen LogP contribution in [0, 0.1) is 0 Å². The number of halogens is 3. The van der Waals surface area contributed by atoms with Crippen LogP contribution in [0.3, 0.4) is 0 Å². The number of anilines is 1. The van der Waals surface area contributed by atoms with Crippen LogP contribution >= 0.6 is 39.1 Å². The van der Waals surface area contributed by atoms with Gasteiger partial charge in [0.2, 0.25) is 0 Å². The molecule has 0 spiro atoms. The second-order valence-corrected chi connectivity index (χ2v) is 7.83. The number of hydrogen-bond acceptors (Lipinski definition) is 3. The van der Waals surface area contributed by atoms with Crippen LogP contribution in [0.1, 0.15) is 31.1 Å². The van der Waals surface area contributed by atoms with E-state index in [1.165, 1.54) is 24.3 Å². The van der Waals surface area contributed by atoms with Crippen LogP contribution in [-0.4, -0.2) is 17.7 Å². The summed E-state index contributed by atoms with van der Waals surface area (Å²) in [5, 5.41) is 3.35. The van der Waals surface area contributed by atoms with Crippen molar-refractivity contribution in [2.24, 2.45) is 0 Å². The smallest absolute Gasteiger partial charge is 0.269 e. The molecule has 3 rings (SSSR count). The topological polar surface area (TPSA) is 87.3 Å². The van der Waals surface area contributed by atoms with Gasteiger partial charge in [0.25, 0.3) is 17.7 Å². The lowest BCUT2D eigenvalue weighted by atomic mass is 10.1. The molecule has 0 fully saturated rings. The van der Waals surface area contributed by atoms with Crippen LogP contribution in [0.2, 0.25) is 10.0 Å². The van der Waals surface area contributed by atoms with Crippen molar-refractivity contribution in [3.8, 4) is 0 Å². The Morgan fingerprint density at radius 3 is 1.77 bits per heavy atom. The lowest BCUT2D eigenvalue weighted by molar-refractivity contribution is 0.0846. The van der Waals surface area contributed by atoms with Gasteiger partial charge in [-0.15, -0.1) is 0 Å². The molecule has 0 saturated carbocycles. The summed E-state index contributed by atoms with van der Waals surface area (Å²) in [4.78, 5) is 36.6. The molecule has 3 N–H and O–H groups in total. The zero-order valence-electron chi connectivity index (χ0n) is 15.2. The summed E-state index contributed by atoms with van der Waals surface area (Å²) in [5.41, 5.74) is 6.14. The van der Waals surface area contributed by atoms with Crippen molar-refractivity contribution in [3.05, 3.63) is 97.9 Å². The number of amides is 3. The fraction of sp³-hybridized carbons (Fsp3) is 0. The number of hydrazine groups is 1. The lowest BCUT2D eigenvalue weighted by Crippen LogP contribution is -2.41. The Kier molecular flexibility index (Phi) is 7.10. The van der Waals surface area contributed by atoms with Gasteiger partial charge in [0.05, 0.1) is 10.6 Å². The van der Waals surface area contributed by atoms with Crippen molar-refractivity contribution < 1.29 is 14.4 Å². The minimum absolute atomic E-state index is 0.234. The molecule has 3 aromatic carbocycles. The molecule has 3 aromatic rings. The molecule has 0 aliphatic rings. The van der Waals surface area contributed by atoms with Gasteiger partial charge in [-0.05, 0) is 66.7 Å². The molecule has 152 valence electrons. The third kappa shape index (κ3) is 5.60. The SMILES string of the molecule is O=C(NNC(=O)c1ccc(NC(=O)c2ccc(Cl)cc2Cl)cc1)c1ccc(Br)cc1. The molecule has 0 radical (unpaired) electrons. The number of benzene rings is 3. The quantitative estimate of drug-likeness (QED) is 0.431. The maximum atomic E-state index is 12.3. The standard InChI is InChI=1S/C21H14BrCl2N3O3/c22-14-5-1-12(2-6-14)19(28)26-27-20(29)13-3-8-16(9-4-13)25-21(30)17-10-7-15(23)11-18(17)24/h1-11H,(H,25,30)(H,26,28)(H,27,29). The van der Waals surface area contributed by atoms with Gasteiger partial charge in [0, 0.05) is 26.3 Å². The Bertz CT molecular complexity index is 1100. The Balaban J connectivity index is 1.58. The first-order valence-electron chi connectivity index (χ1n) is 8.56. The Labute approximate surface area is 190 Å². The van der Waals surface area contributed by atoms with Gasteiger partial charge in [0.15, 0.2) is 0 Å². The predicted octanol–water partition coefficient (Wildman–Crippen LogP) is 5.08. The molecule has 0 heterocycles. The Morgan fingerprint density at radius 2 is 1.23 bits per heavy atom. The number of nitrogens with one attached hydrogen (secondary N) is 3. The third-order valence-electron chi connectivity index (χ3n) is 3.98. The molecular formula is C21H14BrCl2N3O3. The molecule has 0 bridgehead atoms. The number of hydrogen-bond donors (Lipinski definition) is 3. The molecule has 0 aliphatic carbocycles. The molecule has 0 saturated heterocycles. The zero-order valence-corrected chi connectivity index (χ0v) is 18.3. The van der Waals surface area contributed by atoms with Crippen LogP contribution in [0.25, 0.3) is 0 Å². The van der Waals surface area contributed by atoms with Crippen LogP contribution in [0.15, 0.2) is 71.2 Å². The minimum Gasteiger partial charge on any atom is -0.322 e. The lowest BCUT2D eigenvalue weighted by Gasteiger charge is -2.09. The maximum Gasteiger partial charge on any atom is 0.269 e. The molecule has 0 aromatic heterocycles. The third-order valence-corrected chi connectivity index (χ3v) is 5.05. The summed E-state index contributed by atoms with van der Waals surface area (Å²) in [6.07, 6.45) is 0. The van der Waals surface area contributed by atoms with E-state index in [1.807, 2.05) is 0 Å². The van der Waals surface area contributed by atoms with E-state index in [-0.39, 0.29) is 10.6 Å². The van der Waals surface area contributed by atoms with E-state index < -0.39 is 17.7 Å². The molecule has 9 heteroatoms.